The Morgan fingerprint density at radius 1 is 1.33 bits per heavy atom. The number of hydrogen-bond acceptors (Lipinski definition) is 5. The predicted octanol–water partition coefficient (Wildman–Crippen LogP) is 1.71. The Kier molecular flexibility index (Phi) is 5.63. The molecule has 0 unspecified atom stereocenters. The smallest absolute Gasteiger partial charge is 0.267 e. The van der Waals surface area contributed by atoms with Crippen LogP contribution < -0.4 is 4.72 Å². The topological polar surface area (TPSA) is 90.3 Å². The number of amides is 1. The molecule has 0 bridgehead atoms. The van der Waals surface area contributed by atoms with Crippen LogP contribution in [-0.2, 0) is 33.2 Å². The normalized spacial score (nSPS) is 11.5. The van der Waals surface area contributed by atoms with Gasteiger partial charge in [-0.05, 0) is 25.5 Å². The van der Waals surface area contributed by atoms with Crippen molar-refractivity contribution < 1.29 is 17.9 Å². The number of sulfonamides is 1. The van der Waals surface area contributed by atoms with Gasteiger partial charge < -0.3 is 4.74 Å². The highest BCUT2D eigenvalue weighted by Gasteiger charge is 2.25. The number of carbonyl (C=O) groups excluding carboxylic acids is 1. The van der Waals surface area contributed by atoms with Crippen LogP contribution in [0.15, 0.2) is 29.2 Å². The molecule has 0 spiro atoms. The molecule has 0 aliphatic heterocycles. The Morgan fingerprint density at radius 2 is 2.00 bits per heavy atom. The first-order valence-corrected chi connectivity index (χ1v) is 8.95. The molecular weight excluding hydrogens is 354 g/mol. The third kappa shape index (κ3) is 4.14. The summed E-state index contributed by atoms with van der Waals surface area (Å²) in [6, 6.07) is 7.05. The second kappa shape index (κ2) is 7.33. The van der Waals surface area contributed by atoms with Gasteiger partial charge in [0, 0.05) is 12.1 Å². The maximum absolute atomic E-state index is 12.3. The first-order chi connectivity index (χ1) is 11.2. The molecule has 0 atom stereocenters. The van der Waals surface area contributed by atoms with Crippen molar-refractivity contribution in [3.63, 3.8) is 0 Å². The third-order valence-corrected chi connectivity index (χ3v) is 5.40. The quantitative estimate of drug-likeness (QED) is 0.834. The van der Waals surface area contributed by atoms with E-state index >= 15 is 0 Å². The molecule has 0 saturated carbocycles. The molecule has 9 heteroatoms. The number of carbonyl (C=O) groups is 1. The summed E-state index contributed by atoms with van der Waals surface area (Å²) in [5, 5.41) is 4.56. The Labute approximate surface area is 145 Å². The fourth-order valence-corrected chi connectivity index (χ4v) is 3.84. The van der Waals surface area contributed by atoms with Crippen molar-refractivity contribution in [2.75, 3.05) is 6.61 Å². The van der Waals surface area contributed by atoms with Gasteiger partial charge in [-0.25, -0.2) is 13.1 Å². The second-order valence-electron chi connectivity index (χ2n) is 5.24. The zero-order valence-corrected chi connectivity index (χ0v) is 15.1. The van der Waals surface area contributed by atoms with Crippen LogP contribution >= 0.6 is 11.6 Å². The van der Waals surface area contributed by atoms with Gasteiger partial charge in [-0.3, -0.25) is 9.48 Å². The van der Waals surface area contributed by atoms with E-state index in [2.05, 4.69) is 5.10 Å². The van der Waals surface area contributed by atoms with Crippen LogP contribution in [0, 0.1) is 13.8 Å². The molecule has 7 nitrogen and oxygen atoms in total. The highest BCUT2D eigenvalue weighted by molar-refractivity contribution is 7.90. The van der Waals surface area contributed by atoms with Crippen molar-refractivity contribution in [2.24, 2.45) is 7.05 Å². The summed E-state index contributed by atoms with van der Waals surface area (Å²) >= 11 is 5.98. The molecule has 2 rings (SSSR count). The Balaban J connectivity index is 1.98. The summed E-state index contributed by atoms with van der Waals surface area (Å²) in [5.41, 5.74) is 1.49. The highest BCUT2D eigenvalue weighted by atomic mass is 35.5. The number of benzene rings is 1. The molecule has 1 heterocycles. The Morgan fingerprint density at radius 3 is 2.58 bits per heavy atom. The van der Waals surface area contributed by atoms with Crippen LogP contribution in [0.2, 0.25) is 5.02 Å². The van der Waals surface area contributed by atoms with E-state index in [0.717, 1.165) is 0 Å². The van der Waals surface area contributed by atoms with Gasteiger partial charge >= 0.3 is 0 Å². The molecule has 130 valence electrons. The molecule has 0 fully saturated rings. The SMILES string of the molecule is Cc1nn(C)c(C)c1S(=O)(=O)NC(=O)COCc1ccccc1Cl. The summed E-state index contributed by atoms with van der Waals surface area (Å²) in [5.74, 6) is -0.760. The highest BCUT2D eigenvalue weighted by Crippen LogP contribution is 2.18. The maximum atomic E-state index is 12.3. The van der Waals surface area contributed by atoms with Crippen LogP contribution in [0.4, 0.5) is 0 Å². The standard InChI is InChI=1S/C15H18ClN3O4S/c1-10-15(11(2)19(3)17-10)24(21,22)18-14(20)9-23-8-12-6-4-5-7-13(12)16/h4-7H,8-9H2,1-3H3,(H,18,20). The molecule has 1 aromatic carbocycles. The van der Waals surface area contributed by atoms with Crippen LogP contribution in [0.1, 0.15) is 17.0 Å². The minimum Gasteiger partial charge on any atom is -0.367 e. The lowest BCUT2D eigenvalue weighted by molar-refractivity contribution is -0.124. The summed E-state index contributed by atoms with van der Waals surface area (Å²) in [7, 11) is -2.36. The van der Waals surface area contributed by atoms with Gasteiger partial charge in [0.1, 0.15) is 11.5 Å². The lowest BCUT2D eigenvalue weighted by Gasteiger charge is -2.08. The van der Waals surface area contributed by atoms with Crippen LogP contribution in [0.25, 0.3) is 0 Å². The number of aromatic nitrogens is 2. The fraction of sp³-hybridized carbons (Fsp3) is 0.333. The van der Waals surface area contributed by atoms with Crippen molar-refractivity contribution in [3.05, 3.63) is 46.2 Å². The lowest BCUT2D eigenvalue weighted by Crippen LogP contribution is -2.34. The van der Waals surface area contributed by atoms with E-state index in [0.29, 0.717) is 22.0 Å². The van der Waals surface area contributed by atoms with Crippen LogP contribution in [0.5, 0.6) is 0 Å². The molecule has 0 saturated heterocycles. The van der Waals surface area contributed by atoms with Crippen molar-refractivity contribution in [1.29, 1.82) is 0 Å². The second-order valence-corrected chi connectivity index (χ2v) is 7.26. The van der Waals surface area contributed by atoms with Gasteiger partial charge in [0.05, 0.1) is 18.0 Å². The number of nitrogens with one attached hydrogen (secondary N) is 1. The van der Waals surface area contributed by atoms with Gasteiger partial charge in [0.15, 0.2) is 0 Å². The zero-order valence-electron chi connectivity index (χ0n) is 13.5. The average Bonchev–Trinajstić information content (AvgIpc) is 2.74. The van der Waals surface area contributed by atoms with Gasteiger partial charge in [-0.2, -0.15) is 5.10 Å². The summed E-state index contributed by atoms with van der Waals surface area (Å²) in [6.45, 7) is 2.90. The number of hydrogen-bond donors (Lipinski definition) is 1. The van der Waals surface area contributed by atoms with E-state index in [9.17, 15) is 13.2 Å². The molecule has 1 amide bonds. The van der Waals surface area contributed by atoms with Crippen molar-refractivity contribution >= 4 is 27.5 Å². The molecular formula is C15H18ClN3O4S. The minimum atomic E-state index is -3.99. The predicted molar refractivity (Wildman–Crippen MR) is 89.1 cm³/mol. The summed E-state index contributed by atoms with van der Waals surface area (Å²) in [6.07, 6.45) is 0. The number of halogens is 1. The lowest BCUT2D eigenvalue weighted by atomic mass is 10.2. The Hall–Kier alpha value is -1.90. The van der Waals surface area contributed by atoms with Gasteiger partial charge in [0.25, 0.3) is 15.9 Å². The molecule has 2 aromatic rings. The van der Waals surface area contributed by atoms with E-state index < -0.39 is 22.5 Å². The molecule has 0 aliphatic carbocycles. The van der Waals surface area contributed by atoms with Crippen LogP contribution in [-0.4, -0.2) is 30.7 Å². The van der Waals surface area contributed by atoms with Crippen LogP contribution in [0.3, 0.4) is 0 Å². The summed E-state index contributed by atoms with van der Waals surface area (Å²) < 4.78 is 33.3. The number of nitrogens with zero attached hydrogens (tertiary/aromatic N) is 2. The maximum Gasteiger partial charge on any atom is 0.267 e. The zero-order chi connectivity index (χ0) is 17.9. The average molecular weight is 372 g/mol. The Bertz CT molecular complexity index is 862. The molecule has 0 radical (unpaired) electrons. The summed E-state index contributed by atoms with van der Waals surface area (Å²) in [4.78, 5) is 11.9. The molecule has 1 N–H and O–H groups in total. The molecule has 1 aromatic heterocycles. The molecule has 24 heavy (non-hydrogen) atoms. The number of rotatable bonds is 6. The van der Waals surface area contributed by atoms with E-state index in [1.807, 2.05) is 4.72 Å². The fourth-order valence-electron chi connectivity index (χ4n) is 2.24. The largest absolute Gasteiger partial charge is 0.367 e. The molecule has 0 aliphatic rings. The van der Waals surface area contributed by atoms with Gasteiger partial charge in [0.2, 0.25) is 0 Å². The van der Waals surface area contributed by atoms with E-state index in [-0.39, 0.29) is 11.5 Å². The number of aryl methyl sites for hydroxylation is 2. The van der Waals surface area contributed by atoms with Gasteiger partial charge in [-0.15, -0.1) is 0 Å². The monoisotopic (exact) mass is 371 g/mol. The van der Waals surface area contributed by atoms with E-state index in [4.69, 9.17) is 16.3 Å². The first-order valence-electron chi connectivity index (χ1n) is 7.09. The first kappa shape index (κ1) is 18.4. The van der Waals surface area contributed by atoms with E-state index in [1.165, 1.54) is 4.68 Å². The number of ether oxygens (including phenoxy) is 1. The van der Waals surface area contributed by atoms with Crippen molar-refractivity contribution in [1.82, 2.24) is 14.5 Å². The van der Waals surface area contributed by atoms with Gasteiger partial charge in [-0.1, -0.05) is 29.8 Å². The van der Waals surface area contributed by atoms with Crippen molar-refractivity contribution in [3.8, 4) is 0 Å². The third-order valence-electron chi connectivity index (χ3n) is 3.41. The van der Waals surface area contributed by atoms with E-state index in [1.54, 1.807) is 45.2 Å². The van der Waals surface area contributed by atoms with Crippen molar-refractivity contribution in [2.45, 2.75) is 25.3 Å². The minimum absolute atomic E-state index is 0.00412.